The quantitative estimate of drug-likeness (QED) is 0.582. The summed E-state index contributed by atoms with van der Waals surface area (Å²) in [6, 6.07) is 0. The molecular weight excluding hydrogens is 287 g/mol. The van der Waals surface area contributed by atoms with E-state index in [2.05, 4.69) is 16.6 Å². The van der Waals surface area contributed by atoms with Crippen LogP contribution in [0.1, 0.15) is 6.42 Å². The monoisotopic (exact) mass is 306 g/mol. The molecule has 0 aromatic heterocycles. The first-order valence-electron chi connectivity index (χ1n) is 5.92. The van der Waals surface area contributed by atoms with Crippen LogP contribution in [0.2, 0.25) is 0 Å². The van der Waals surface area contributed by atoms with E-state index in [1.807, 2.05) is 0 Å². The van der Waals surface area contributed by atoms with E-state index in [4.69, 9.17) is 9.88 Å². The number of allylic oxidation sites excluding steroid dienone is 1. The Morgan fingerprint density at radius 3 is 2.65 bits per heavy atom. The van der Waals surface area contributed by atoms with Gasteiger partial charge in [-0.25, -0.2) is 22.9 Å². The minimum Gasteiger partial charge on any atom is -0.380 e. The second kappa shape index (κ2) is 6.91. The van der Waals surface area contributed by atoms with Gasteiger partial charge in [0.25, 0.3) is 0 Å². The average Bonchev–Trinajstić information content (AvgIpc) is 2.37. The van der Waals surface area contributed by atoms with E-state index in [-0.39, 0.29) is 18.6 Å². The van der Waals surface area contributed by atoms with E-state index in [0.29, 0.717) is 13.0 Å². The van der Waals surface area contributed by atoms with E-state index in [9.17, 15) is 12.8 Å². The highest BCUT2D eigenvalue weighted by molar-refractivity contribution is 7.89. The van der Waals surface area contributed by atoms with Gasteiger partial charge in [-0.2, -0.15) is 0 Å². The lowest BCUT2D eigenvalue weighted by molar-refractivity contribution is 0.0546. The zero-order chi connectivity index (χ0) is 15.3. The Labute approximate surface area is 118 Å². The van der Waals surface area contributed by atoms with Crippen LogP contribution in [0, 0.1) is 0 Å². The second-order valence-electron chi connectivity index (χ2n) is 4.44. The summed E-state index contributed by atoms with van der Waals surface area (Å²) >= 11 is 0. The molecule has 114 valence electrons. The molecule has 0 aliphatic carbocycles. The summed E-state index contributed by atoms with van der Waals surface area (Å²) < 4.78 is 40.9. The molecule has 7 nitrogen and oxygen atoms in total. The molecule has 0 amide bonds. The Balaban J connectivity index is 2.95. The lowest BCUT2D eigenvalue weighted by Crippen LogP contribution is -2.52. The predicted octanol–water partition coefficient (Wildman–Crippen LogP) is -0.0960. The minimum atomic E-state index is -3.69. The van der Waals surface area contributed by atoms with E-state index in [0.717, 1.165) is 6.21 Å². The molecule has 0 unspecified atom stereocenters. The maximum absolute atomic E-state index is 12.6. The summed E-state index contributed by atoms with van der Waals surface area (Å²) in [7, 11) is -0.723. The molecule has 0 radical (unpaired) electrons. The van der Waals surface area contributed by atoms with E-state index in [1.54, 1.807) is 4.90 Å². The van der Waals surface area contributed by atoms with Crippen LogP contribution in [0.25, 0.3) is 0 Å². The molecule has 2 N–H and O–H groups in total. The Hall–Kier alpha value is -1.32. The van der Waals surface area contributed by atoms with Gasteiger partial charge in [0.05, 0.1) is 17.6 Å². The van der Waals surface area contributed by atoms with Crippen molar-refractivity contribution in [1.82, 2.24) is 4.90 Å². The van der Waals surface area contributed by atoms with Crippen LogP contribution in [-0.4, -0.2) is 64.1 Å². The summed E-state index contributed by atoms with van der Waals surface area (Å²) in [5, 5.41) is 4.41. The summed E-state index contributed by atoms with van der Waals surface area (Å²) in [4.78, 5) is 9.35. The number of aliphatic imine (C=N–C) groups is 2. The van der Waals surface area contributed by atoms with Gasteiger partial charge in [-0.3, -0.25) is 4.99 Å². The predicted molar refractivity (Wildman–Crippen MR) is 76.0 cm³/mol. The summed E-state index contributed by atoms with van der Waals surface area (Å²) in [5.74, 6) is -0.506. The number of guanidine groups is 1. The standard InChI is InChI=1S/C11H19FN4O3S/c1-8(12)5-15-11(14-2)16-6-9(19-3)4-10(7-16)20(13,17)18/h5,9-10H,1,4,6-7H2,2-3H3,(H2,13,17,18)/t9-,10-/m1/s1. The first-order valence-corrected chi connectivity index (χ1v) is 7.53. The van der Waals surface area contributed by atoms with Gasteiger partial charge >= 0.3 is 0 Å². The van der Waals surface area contributed by atoms with Crippen LogP contribution in [-0.2, 0) is 14.8 Å². The Morgan fingerprint density at radius 2 is 2.20 bits per heavy atom. The number of hydrogen-bond donors (Lipinski definition) is 1. The topological polar surface area (TPSA) is 97.3 Å². The third kappa shape index (κ3) is 4.66. The molecule has 0 aromatic rings. The van der Waals surface area contributed by atoms with Crippen molar-refractivity contribution in [1.29, 1.82) is 0 Å². The molecular formula is C11H19FN4O3S. The van der Waals surface area contributed by atoms with Gasteiger partial charge in [0.15, 0.2) is 0 Å². The number of halogens is 1. The number of primary sulfonamides is 1. The molecule has 1 saturated heterocycles. The SMILES string of the molecule is C=C(F)C=NC(=NC)N1C[C@H](OC)C[C@@H](S(N)(=O)=O)C1. The van der Waals surface area contributed by atoms with Crippen molar-refractivity contribution >= 4 is 22.2 Å². The van der Waals surface area contributed by atoms with Crippen LogP contribution in [0.4, 0.5) is 4.39 Å². The largest absolute Gasteiger partial charge is 0.380 e. The van der Waals surface area contributed by atoms with Gasteiger partial charge in [-0.05, 0) is 6.42 Å². The van der Waals surface area contributed by atoms with Crippen molar-refractivity contribution in [2.75, 3.05) is 27.2 Å². The van der Waals surface area contributed by atoms with Crippen molar-refractivity contribution < 1.29 is 17.5 Å². The molecule has 0 aromatic carbocycles. The molecule has 1 aliphatic heterocycles. The fourth-order valence-corrected chi connectivity index (χ4v) is 2.86. The molecule has 2 atom stereocenters. The molecule has 0 bridgehead atoms. The van der Waals surface area contributed by atoms with E-state index >= 15 is 0 Å². The lowest BCUT2D eigenvalue weighted by Gasteiger charge is -2.36. The van der Waals surface area contributed by atoms with E-state index in [1.165, 1.54) is 14.2 Å². The molecule has 0 spiro atoms. The van der Waals surface area contributed by atoms with Crippen molar-refractivity contribution in [2.45, 2.75) is 17.8 Å². The molecule has 0 saturated carbocycles. The summed E-state index contributed by atoms with van der Waals surface area (Å²) in [6.45, 7) is 3.61. The fraction of sp³-hybridized carbons (Fsp3) is 0.636. The molecule has 1 rings (SSSR count). The zero-order valence-electron chi connectivity index (χ0n) is 11.5. The van der Waals surface area contributed by atoms with Crippen LogP contribution < -0.4 is 5.14 Å². The van der Waals surface area contributed by atoms with Crippen molar-refractivity contribution in [3.63, 3.8) is 0 Å². The number of ether oxygens (including phenoxy) is 1. The highest BCUT2D eigenvalue weighted by atomic mass is 32.2. The zero-order valence-corrected chi connectivity index (χ0v) is 12.3. The van der Waals surface area contributed by atoms with Gasteiger partial charge < -0.3 is 9.64 Å². The minimum absolute atomic E-state index is 0.140. The maximum atomic E-state index is 12.6. The number of nitrogens with zero attached hydrogens (tertiary/aromatic N) is 3. The lowest BCUT2D eigenvalue weighted by atomic mass is 10.1. The van der Waals surface area contributed by atoms with Crippen molar-refractivity contribution in [3.05, 3.63) is 12.4 Å². The molecule has 9 heteroatoms. The number of nitrogens with two attached hydrogens (primary N) is 1. The first kappa shape index (κ1) is 16.7. The first-order chi connectivity index (χ1) is 9.27. The number of piperidine rings is 1. The summed E-state index contributed by atoms with van der Waals surface area (Å²) in [5.41, 5.74) is 0. The Kier molecular flexibility index (Phi) is 5.78. The Bertz CT molecular complexity index is 518. The van der Waals surface area contributed by atoms with Crippen molar-refractivity contribution in [2.24, 2.45) is 15.1 Å². The molecule has 1 aliphatic rings. The Morgan fingerprint density at radius 1 is 1.55 bits per heavy atom. The van der Waals surface area contributed by atoms with Crippen LogP contribution in [0.3, 0.4) is 0 Å². The number of hydrogen-bond acceptors (Lipinski definition) is 4. The highest BCUT2D eigenvalue weighted by Gasteiger charge is 2.34. The third-order valence-corrected chi connectivity index (χ3v) is 4.25. The molecule has 1 fully saturated rings. The number of sulfonamides is 1. The smallest absolute Gasteiger partial charge is 0.220 e. The normalized spacial score (nSPS) is 25.2. The maximum Gasteiger partial charge on any atom is 0.220 e. The van der Waals surface area contributed by atoms with Gasteiger partial charge in [-0.15, -0.1) is 0 Å². The molecule has 1 heterocycles. The number of methoxy groups -OCH3 is 1. The van der Waals surface area contributed by atoms with Gasteiger partial charge in [0.1, 0.15) is 5.83 Å². The van der Waals surface area contributed by atoms with Crippen LogP contribution >= 0.6 is 0 Å². The van der Waals surface area contributed by atoms with Gasteiger partial charge in [0.2, 0.25) is 16.0 Å². The van der Waals surface area contributed by atoms with Crippen molar-refractivity contribution in [3.8, 4) is 0 Å². The van der Waals surface area contributed by atoms with E-state index < -0.39 is 21.1 Å². The molecule has 20 heavy (non-hydrogen) atoms. The summed E-state index contributed by atoms with van der Waals surface area (Å²) in [6.07, 6.45) is 0.917. The second-order valence-corrected chi connectivity index (χ2v) is 6.28. The van der Waals surface area contributed by atoms with Gasteiger partial charge in [-0.1, -0.05) is 6.58 Å². The number of likely N-dealkylation sites (tertiary alicyclic amines) is 1. The van der Waals surface area contributed by atoms with Crippen LogP contribution in [0.15, 0.2) is 22.4 Å². The average molecular weight is 306 g/mol. The number of rotatable bonds is 3. The fourth-order valence-electron chi connectivity index (χ4n) is 1.99. The highest BCUT2D eigenvalue weighted by Crippen LogP contribution is 2.18. The third-order valence-electron chi connectivity index (χ3n) is 2.97. The van der Waals surface area contributed by atoms with Crippen LogP contribution in [0.5, 0.6) is 0 Å². The van der Waals surface area contributed by atoms with Gasteiger partial charge in [0, 0.05) is 27.2 Å².